The van der Waals surface area contributed by atoms with Crippen molar-refractivity contribution in [1.82, 2.24) is 4.90 Å². The number of piperazine rings is 1. The fraction of sp³-hybridized carbons (Fsp3) is 0.708. The molecule has 0 N–H and O–H groups in total. The molecule has 2 aliphatic heterocycles. The van der Waals surface area contributed by atoms with Crippen molar-refractivity contribution in [3.63, 3.8) is 0 Å². The van der Waals surface area contributed by atoms with E-state index >= 15 is 0 Å². The molecule has 0 unspecified atom stereocenters. The molecular formula is C24H36N2O2. The van der Waals surface area contributed by atoms with Crippen LogP contribution in [0.4, 0.5) is 5.69 Å². The number of esters is 1. The van der Waals surface area contributed by atoms with Crippen molar-refractivity contribution in [3.05, 3.63) is 29.8 Å². The number of benzene rings is 1. The fourth-order valence-electron chi connectivity index (χ4n) is 5.62. The molecule has 1 spiro atoms. The van der Waals surface area contributed by atoms with Crippen LogP contribution in [0.5, 0.6) is 0 Å². The second-order valence-corrected chi connectivity index (χ2v) is 9.41. The number of cyclic esters (lactones) is 1. The zero-order valence-electron chi connectivity index (χ0n) is 17.7. The van der Waals surface area contributed by atoms with Crippen molar-refractivity contribution in [1.29, 1.82) is 0 Å². The lowest BCUT2D eigenvalue weighted by Crippen LogP contribution is -2.48. The van der Waals surface area contributed by atoms with E-state index in [0.29, 0.717) is 12.3 Å². The van der Waals surface area contributed by atoms with Gasteiger partial charge in [-0.1, -0.05) is 51.3 Å². The Morgan fingerprint density at radius 1 is 1.07 bits per heavy atom. The molecule has 0 amide bonds. The molecule has 1 aromatic carbocycles. The maximum Gasteiger partial charge on any atom is 0.306 e. The van der Waals surface area contributed by atoms with Gasteiger partial charge in [0.25, 0.3) is 0 Å². The minimum Gasteiger partial charge on any atom is -0.462 e. The highest BCUT2D eigenvalue weighted by molar-refractivity contribution is 5.73. The summed E-state index contributed by atoms with van der Waals surface area (Å²) in [7, 11) is 0. The van der Waals surface area contributed by atoms with Crippen molar-refractivity contribution in [2.45, 2.75) is 70.8 Å². The number of ether oxygens (including phenoxy) is 1. The van der Waals surface area contributed by atoms with Crippen LogP contribution < -0.4 is 4.90 Å². The Bertz CT molecular complexity index is 673. The van der Waals surface area contributed by atoms with Crippen molar-refractivity contribution in [2.75, 3.05) is 37.6 Å². The first-order valence-corrected chi connectivity index (χ1v) is 11.3. The Morgan fingerprint density at radius 3 is 2.50 bits per heavy atom. The number of hydrogen-bond acceptors (Lipinski definition) is 4. The quantitative estimate of drug-likeness (QED) is 0.695. The van der Waals surface area contributed by atoms with E-state index in [4.69, 9.17) is 4.74 Å². The summed E-state index contributed by atoms with van der Waals surface area (Å²) >= 11 is 0. The van der Waals surface area contributed by atoms with Gasteiger partial charge in [-0.15, -0.1) is 0 Å². The van der Waals surface area contributed by atoms with Gasteiger partial charge in [-0.25, -0.2) is 0 Å². The van der Waals surface area contributed by atoms with Crippen molar-refractivity contribution < 1.29 is 9.53 Å². The minimum atomic E-state index is 0.0435. The van der Waals surface area contributed by atoms with Gasteiger partial charge in [0.1, 0.15) is 6.10 Å². The SMILES string of the molecule is CC(C)c1ccccc1N1CCN(CC[C@@H]2OC(=O)CC23CCCCC3)CC1. The van der Waals surface area contributed by atoms with Gasteiger partial charge in [0.05, 0.1) is 6.42 Å². The van der Waals surface area contributed by atoms with Gasteiger partial charge in [0, 0.05) is 43.8 Å². The molecule has 4 heteroatoms. The lowest BCUT2D eigenvalue weighted by molar-refractivity contribution is -0.142. The lowest BCUT2D eigenvalue weighted by Gasteiger charge is -2.39. The first-order valence-electron chi connectivity index (χ1n) is 11.3. The van der Waals surface area contributed by atoms with Crippen LogP contribution in [-0.2, 0) is 9.53 Å². The number of anilines is 1. The number of carbonyl (C=O) groups is 1. The van der Waals surface area contributed by atoms with Gasteiger partial charge in [0.2, 0.25) is 0 Å². The van der Waals surface area contributed by atoms with Crippen LogP contribution in [0.15, 0.2) is 24.3 Å². The molecule has 2 heterocycles. The maximum atomic E-state index is 12.0. The van der Waals surface area contributed by atoms with Gasteiger partial charge in [-0.3, -0.25) is 9.69 Å². The Balaban J connectivity index is 1.31. The summed E-state index contributed by atoms with van der Waals surface area (Å²) in [5, 5.41) is 0. The van der Waals surface area contributed by atoms with E-state index in [9.17, 15) is 4.79 Å². The first kappa shape index (κ1) is 19.8. The third-order valence-corrected chi connectivity index (χ3v) is 7.28. The Morgan fingerprint density at radius 2 is 1.79 bits per heavy atom. The molecule has 1 atom stereocenters. The lowest BCUT2D eigenvalue weighted by atomic mass is 9.68. The monoisotopic (exact) mass is 384 g/mol. The summed E-state index contributed by atoms with van der Waals surface area (Å²) < 4.78 is 5.80. The normalized spacial score (nSPS) is 25.5. The molecule has 4 nitrogen and oxygen atoms in total. The largest absolute Gasteiger partial charge is 0.462 e. The van der Waals surface area contributed by atoms with E-state index in [1.54, 1.807) is 0 Å². The second-order valence-electron chi connectivity index (χ2n) is 9.41. The van der Waals surface area contributed by atoms with Crippen molar-refractivity contribution in [2.24, 2.45) is 5.41 Å². The smallest absolute Gasteiger partial charge is 0.306 e. The van der Waals surface area contributed by atoms with E-state index in [0.717, 1.165) is 39.1 Å². The van der Waals surface area contributed by atoms with Gasteiger partial charge in [-0.05, 0) is 36.8 Å². The average molecular weight is 385 g/mol. The van der Waals surface area contributed by atoms with Crippen LogP contribution in [0.2, 0.25) is 0 Å². The Hall–Kier alpha value is -1.55. The number of rotatable bonds is 5. The molecule has 1 aromatic rings. The summed E-state index contributed by atoms with van der Waals surface area (Å²) in [4.78, 5) is 17.1. The highest BCUT2D eigenvalue weighted by Crippen LogP contribution is 2.48. The van der Waals surface area contributed by atoms with Gasteiger partial charge in [0.15, 0.2) is 0 Å². The van der Waals surface area contributed by atoms with Crippen LogP contribution in [0.1, 0.15) is 70.3 Å². The van der Waals surface area contributed by atoms with E-state index in [1.807, 2.05) is 0 Å². The number of hydrogen-bond donors (Lipinski definition) is 0. The standard InChI is InChI=1S/C24H36N2O2/c1-19(2)20-8-4-5-9-21(20)26-16-14-25(15-17-26)13-10-22-24(18-23(27)28-22)11-6-3-7-12-24/h4-5,8-9,19,22H,3,6-7,10-18H2,1-2H3/t22-/m0/s1. The molecule has 0 radical (unpaired) electrons. The number of para-hydroxylation sites is 1. The molecule has 1 aliphatic carbocycles. The fourth-order valence-corrected chi connectivity index (χ4v) is 5.62. The highest BCUT2D eigenvalue weighted by Gasteiger charge is 2.48. The molecule has 0 aromatic heterocycles. The molecule has 0 bridgehead atoms. The topological polar surface area (TPSA) is 32.8 Å². The van der Waals surface area contributed by atoms with E-state index in [-0.39, 0.29) is 17.5 Å². The molecule has 3 fully saturated rings. The van der Waals surface area contributed by atoms with Crippen LogP contribution in [-0.4, -0.2) is 49.7 Å². The van der Waals surface area contributed by atoms with E-state index in [1.165, 1.54) is 43.4 Å². The van der Waals surface area contributed by atoms with Gasteiger partial charge < -0.3 is 9.64 Å². The molecular weight excluding hydrogens is 348 g/mol. The molecule has 4 rings (SSSR count). The van der Waals surface area contributed by atoms with Crippen molar-refractivity contribution in [3.8, 4) is 0 Å². The zero-order valence-corrected chi connectivity index (χ0v) is 17.7. The molecule has 2 saturated heterocycles. The van der Waals surface area contributed by atoms with Crippen LogP contribution in [0.25, 0.3) is 0 Å². The third-order valence-electron chi connectivity index (χ3n) is 7.28. The summed E-state index contributed by atoms with van der Waals surface area (Å²) in [6.45, 7) is 9.97. The Labute approximate surface area is 170 Å². The molecule has 1 saturated carbocycles. The van der Waals surface area contributed by atoms with Crippen LogP contribution in [0.3, 0.4) is 0 Å². The van der Waals surface area contributed by atoms with E-state index < -0.39 is 0 Å². The van der Waals surface area contributed by atoms with Gasteiger partial charge in [-0.2, -0.15) is 0 Å². The molecule has 3 aliphatic rings. The predicted molar refractivity (Wildman–Crippen MR) is 114 cm³/mol. The predicted octanol–water partition coefficient (Wildman–Crippen LogP) is 4.59. The second kappa shape index (κ2) is 8.44. The summed E-state index contributed by atoms with van der Waals surface area (Å²) in [6, 6.07) is 8.85. The maximum absolute atomic E-state index is 12.0. The number of carbonyl (C=O) groups excluding carboxylic acids is 1. The van der Waals surface area contributed by atoms with Crippen LogP contribution in [0, 0.1) is 5.41 Å². The molecule has 154 valence electrons. The summed E-state index contributed by atoms with van der Waals surface area (Å²) in [5.74, 6) is 0.597. The molecule has 28 heavy (non-hydrogen) atoms. The third kappa shape index (κ3) is 4.07. The summed E-state index contributed by atoms with van der Waals surface area (Å²) in [6.07, 6.45) is 8.04. The average Bonchev–Trinajstić information content (AvgIpc) is 3.01. The zero-order chi connectivity index (χ0) is 19.6. The number of nitrogens with zero attached hydrogens (tertiary/aromatic N) is 2. The van der Waals surface area contributed by atoms with Crippen molar-refractivity contribution >= 4 is 11.7 Å². The van der Waals surface area contributed by atoms with Crippen LogP contribution >= 0.6 is 0 Å². The minimum absolute atomic E-state index is 0.0435. The first-order chi connectivity index (χ1) is 13.6. The summed E-state index contributed by atoms with van der Waals surface area (Å²) in [5.41, 5.74) is 3.02. The van der Waals surface area contributed by atoms with Gasteiger partial charge >= 0.3 is 5.97 Å². The highest BCUT2D eigenvalue weighted by atomic mass is 16.6. The Kier molecular flexibility index (Phi) is 5.96. The van der Waals surface area contributed by atoms with E-state index in [2.05, 4.69) is 47.9 Å².